The Kier molecular flexibility index (Phi) is 6.87. The van der Waals surface area contributed by atoms with E-state index in [1.54, 1.807) is 6.07 Å². The lowest BCUT2D eigenvalue weighted by atomic mass is 10.1. The van der Waals surface area contributed by atoms with Crippen LogP contribution in [0.4, 0.5) is 11.4 Å². The molecule has 1 aromatic rings. The fourth-order valence-electron chi connectivity index (χ4n) is 2.47. The Morgan fingerprint density at radius 3 is 2.58 bits per heavy atom. The zero-order valence-corrected chi connectivity index (χ0v) is 14.9. The standard InChI is InChI=1S/C17H24ClN3O3/c1-12(2)9-16(22)19-11-17(23)20-13-3-4-15(14(18)10-13)21-5-7-24-8-6-21/h3-4,10,12H,5-9,11H2,1-2H3,(H,19,22)(H,20,23). The summed E-state index contributed by atoms with van der Waals surface area (Å²) in [5.41, 5.74) is 1.54. The van der Waals surface area contributed by atoms with E-state index >= 15 is 0 Å². The summed E-state index contributed by atoms with van der Waals surface area (Å²) in [6.45, 7) is 6.83. The minimum atomic E-state index is -0.276. The van der Waals surface area contributed by atoms with Gasteiger partial charge in [-0.25, -0.2) is 0 Å². The van der Waals surface area contributed by atoms with Gasteiger partial charge in [0, 0.05) is 25.2 Å². The number of hydrogen-bond acceptors (Lipinski definition) is 4. The topological polar surface area (TPSA) is 70.7 Å². The Morgan fingerprint density at radius 1 is 1.25 bits per heavy atom. The molecular formula is C17H24ClN3O3. The van der Waals surface area contributed by atoms with Crippen LogP contribution in [-0.2, 0) is 14.3 Å². The number of morpholine rings is 1. The fraction of sp³-hybridized carbons (Fsp3) is 0.529. The molecule has 0 unspecified atom stereocenters. The summed E-state index contributed by atoms with van der Waals surface area (Å²) in [4.78, 5) is 25.6. The number of benzene rings is 1. The maximum Gasteiger partial charge on any atom is 0.243 e. The number of nitrogens with one attached hydrogen (secondary N) is 2. The summed E-state index contributed by atoms with van der Waals surface area (Å²) in [5, 5.41) is 5.93. The summed E-state index contributed by atoms with van der Waals surface area (Å²) in [6.07, 6.45) is 0.410. The van der Waals surface area contributed by atoms with Crippen LogP contribution < -0.4 is 15.5 Å². The van der Waals surface area contributed by atoms with E-state index in [1.807, 2.05) is 26.0 Å². The maximum absolute atomic E-state index is 11.9. The van der Waals surface area contributed by atoms with Crippen molar-refractivity contribution < 1.29 is 14.3 Å². The Labute approximate surface area is 147 Å². The van der Waals surface area contributed by atoms with Crippen LogP contribution in [0, 0.1) is 5.92 Å². The molecule has 0 saturated carbocycles. The lowest BCUT2D eigenvalue weighted by Gasteiger charge is -2.29. The third-order valence-electron chi connectivity index (χ3n) is 3.62. The number of carbonyl (C=O) groups is 2. The van der Waals surface area contributed by atoms with Crippen molar-refractivity contribution in [3.8, 4) is 0 Å². The second-order valence-electron chi connectivity index (χ2n) is 6.19. The van der Waals surface area contributed by atoms with Gasteiger partial charge in [-0.05, 0) is 24.1 Å². The highest BCUT2D eigenvalue weighted by atomic mass is 35.5. The molecule has 2 amide bonds. The van der Waals surface area contributed by atoms with E-state index in [0.717, 1.165) is 18.8 Å². The molecule has 0 aliphatic carbocycles. The zero-order chi connectivity index (χ0) is 17.5. The summed E-state index contributed by atoms with van der Waals surface area (Å²) in [7, 11) is 0. The van der Waals surface area contributed by atoms with Gasteiger partial charge >= 0.3 is 0 Å². The molecule has 2 N–H and O–H groups in total. The van der Waals surface area contributed by atoms with E-state index in [0.29, 0.717) is 30.3 Å². The van der Waals surface area contributed by atoms with Crippen molar-refractivity contribution >= 4 is 34.8 Å². The zero-order valence-electron chi connectivity index (χ0n) is 14.1. The number of rotatable bonds is 6. The van der Waals surface area contributed by atoms with Gasteiger partial charge in [-0.3, -0.25) is 9.59 Å². The quantitative estimate of drug-likeness (QED) is 0.823. The van der Waals surface area contributed by atoms with Crippen molar-refractivity contribution in [1.29, 1.82) is 0 Å². The summed E-state index contributed by atoms with van der Waals surface area (Å²) in [5.74, 6) is -0.136. The van der Waals surface area contributed by atoms with Crippen LogP contribution in [0.2, 0.25) is 5.02 Å². The smallest absolute Gasteiger partial charge is 0.243 e. The van der Waals surface area contributed by atoms with E-state index in [4.69, 9.17) is 16.3 Å². The first kappa shape index (κ1) is 18.5. The molecule has 1 heterocycles. The van der Waals surface area contributed by atoms with Crippen LogP contribution >= 0.6 is 11.6 Å². The first-order valence-corrected chi connectivity index (χ1v) is 8.52. The predicted octanol–water partition coefficient (Wildman–Crippen LogP) is 2.28. The molecule has 7 heteroatoms. The molecule has 1 aliphatic heterocycles. The molecule has 0 bridgehead atoms. The average molecular weight is 354 g/mol. The third kappa shape index (κ3) is 5.69. The first-order chi connectivity index (χ1) is 11.5. The van der Waals surface area contributed by atoms with Crippen molar-refractivity contribution in [3.63, 3.8) is 0 Å². The van der Waals surface area contributed by atoms with Gasteiger partial charge in [0.25, 0.3) is 0 Å². The van der Waals surface area contributed by atoms with Gasteiger partial charge in [-0.2, -0.15) is 0 Å². The monoisotopic (exact) mass is 353 g/mol. The number of anilines is 2. The minimum Gasteiger partial charge on any atom is -0.378 e. The molecule has 1 saturated heterocycles. The molecule has 1 aliphatic rings. The normalized spacial score (nSPS) is 14.6. The first-order valence-electron chi connectivity index (χ1n) is 8.14. The minimum absolute atomic E-state index is 0.0472. The van der Waals surface area contributed by atoms with Crippen LogP contribution in [0.25, 0.3) is 0 Å². The summed E-state index contributed by atoms with van der Waals surface area (Å²) in [6, 6.07) is 5.42. The molecule has 6 nitrogen and oxygen atoms in total. The summed E-state index contributed by atoms with van der Waals surface area (Å²) >= 11 is 6.33. The molecule has 1 fully saturated rings. The number of halogens is 1. The molecule has 0 atom stereocenters. The van der Waals surface area contributed by atoms with Crippen LogP contribution in [0.3, 0.4) is 0 Å². The van der Waals surface area contributed by atoms with Crippen LogP contribution in [0.5, 0.6) is 0 Å². The largest absolute Gasteiger partial charge is 0.378 e. The third-order valence-corrected chi connectivity index (χ3v) is 3.93. The second kappa shape index (κ2) is 8.89. The van der Waals surface area contributed by atoms with Crippen molar-refractivity contribution in [2.45, 2.75) is 20.3 Å². The highest BCUT2D eigenvalue weighted by Gasteiger charge is 2.15. The Hall–Kier alpha value is -1.79. The Morgan fingerprint density at radius 2 is 1.96 bits per heavy atom. The maximum atomic E-state index is 11.9. The molecule has 0 radical (unpaired) electrons. The fourth-order valence-corrected chi connectivity index (χ4v) is 2.77. The molecule has 132 valence electrons. The molecule has 2 rings (SSSR count). The van der Waals surface area contributed by atoms with Crippen molar-refractivity contribution in [1.82, 2.24) is 5.32 Å². The van der Waals surface area contributed by atoms with Crippen LogP contribution in [0.15, 0.2) is 18.2 Å². The van der Waals surface area contributed by atoms with Gasteiger partial charge in [-0.15, -0.1) is 0 Å². The van der Waals surface area contributed by atoms with Gasteiger partial charge in [0.15, 0.2) is 0 Å². The number of ether oxygens (including phenoxy) is 1. The van der Waals surface area contributed by atoms with E-state index in [2.05, 4.69) is 15.5 Å². The lowest BCUT2D eigenvalue weighted by molar-refractivity contribution is -0.124. The summed E-state index contributed by atoms with van der Waals surface area (Å²) < 4.78 is 5.33. The average Bonchev–Trinajstić information content (AvgIpc) is 2.53. The van der Waals surface area contributed by atoms with E-state index in [-0.39, 0.29) is 24.3 Å². The van der Waals surface area contributed by atoms with Crippen LogP contribution in [-0.4, -0.2) is 44.7 Å². The molecular weight excluding hydrogens is 330 g/mol. The number of carbonyl (C=O) groups excluding carboxylic acids is 2. The SMILES string of the molecule is CC(C)CC(=O)NCC(=O)Nc1ccc(N2CCOCC2)c(Cl)c1. The number of amides is 2. The van der Waals surface area contributed by atoms with Crippen molar-refractivity contribution in [2.75, 3.05) is 43.1 Å². The molecule has 24 heavy (non-hydrogen) atoms. The number of nitrogens with zero attached hydrogens (tertiary/aromatic N) is 1. The highest BCUT2D eigenvalue weighted by molar-refractivity contribution is 6.33. The van der Waals surface area contributed by atoms with Gasteiger partial charge < -0.3 is 20.3 Å². The van der Waals surface area contributed by atoms with Crippen LogP contribution in [0.1, 0.15) is 20.3 Å². The van der Waals surface area contributed by atoms with Gasteiger partial charge in [0.1, 0.15) is 0 Å². The number of hydrogen-bond donors (Lipinski definition) is 2. The molecule has 1 aromatic carbocycles. The Bertz CT molecular complexity index is 586. The van der Waals surface area contributed by atoms with E-state index < -0.39 is 0 Å². The van der Waals surface area contributed by atoms with E-state index in [1.165, 1.54) is 0 Å². The highest BCUT2D eigenvalue weighted by Crippen LogP contribution is 2.29. The van der Waals surface area contributed by atoms with Gasteiger partial charge in [0.2, 0.25) is 11.8 Å². The lowest BCUT2D eigenvalue weighted by Crippen LogP contribution is -2.36. The van der Waals surface area contributed by atoms with Crippen molar-refractivity contribution in [3.05, 3.63) is 23.2 Å². The molecule has 0 aromatic heterocycles. The predicted molar refractivity (Wildman–Crippen MR) is 95.6 cm³/mol. The van der Waals surface area contributed by atoms with Crippen molar-refractivity contribution in [2.24, 2.45) is 5.92 Å². The molecule has 0 spiro atoms. The Balaban J connectivity index is 1.87. The van der Waals surface area contributed by atoms with Gasteiger partial charge in [0.05, 0.1) is 30.5 Å². The second-order valence-corrected chi connectivity index (χ2v) is 6.60. The van der Waals surface area contributed by atoms with Gasteiger partial charge in [-0.1, -0.05) is 25.4 Å². The van der Waals surface area contributed by atoms with E-state index in [9.17, 15) is 9.59 Å².